The van der Waals surface area contributed by atoms with Crippen LogP contribution in [0.5, 0.6) is 23.0 Å². The molecule has 27 heavy (non-hydrogen) atoms. The standard InChI is InChI=1S/C18H11NO8/c20-8-2-1-6(3-9(8)21)13-14-7-4-10(22)11(23)5-12(7)27-18(26)16(14)19-15(13)17(24)25/h1-5,19-23H,(H,24,25). The average Bonchev–Trinajstić information content (AvgIpc) is 3.01. The lowest BCUT2D eigenvalue weighted by atomic mass is 9.99. The van der Waals surface area contributed by atoms with Crippen molar-refractivity contribution < 1.29 is 34.7 Å². The molecule has 9 nitrogen and oxygen atoms in total. The normalized spacial score (nSPS) is 11.3. The molecule has 136 valence electrons. The van der Waals surface area contributed by atoms with Crippen LogP contribution in [0, 0.1) is 0 Å². The molecule has 6 N–H and O–H groups in total. The van der Waals surface area contributed by atoms with Gasteiger partial charge in [0.2, 0.25) is 0 Å². The summed E-state index contributed by atoms with van der Waals surface area (Å²) in [6.45, 7) is 0. The highest BCUT2D eigenvalue weighted by atomic mass is 16.4. The topological polar surface area (TPSA) is 164 Å². The minimum Gasteiger partial charge on any atom is -0.504 e. The Kier molecular flexibility index (Phi) is 3.28. The van der Waals surface area contributed by atoms with E-state index in [1.165, 1.54) is 12.1 Å². The fourth-order valence-corrected chi connectivity index (χ4v) is 3.04. The van der Waals surface area contributed by atoms with Gasteiger partial charge in [0.25, 0.3) is 0 Å². The number of hydrogen-bond donors (Lipinski definition) is 6. The summed E-state index contributed by atoms with van der Waals surface area (Å²) in [5.41, 5.74) is -1.19. The van der Waals surface area contributed by atoms with E-state index in [1.54, 1.807) is 0 Å². The highest BCUT2D eigenvalue weighted by Crippen LogP contribution is 2.41. The van der Waals surface area contributed by atoms with Crippen LogP contribution in [0.4, 0.5) is 0 Å². The second-order valence-corrected chi connectivity index (χ2v) is 5.86. The van der Waals surface area contributed by atoms with Crippen LogP contribution in [0.1, 0.15) is 10.5 Å². The summed E-state index contributed by atoms with van der Waals surface area (Å²) in [7, 11) is 0. The molecule has 0 saturated heterocycles. The lowest BCUT2D eigenvalue weighted by Gasteiger charge is -2.07. The average molecular weight is 369 g/mol. The van der Waals surface area contributed by atoms with Gasteiger partial charge in [-0.2, -0.15) is 0 Å². The van der Waals surface area contributed by atoms with E-state index < -0.39 is 34.6 Å². The van der Waals surface area contributed by atoms with Crippen molar-refractivity contribution in [3.8, 4) is 34.1 Å². The number of rotatable bonds is 2. The van der Waals surface area contributed by atoms with Crippen molar-refractivity contribution in [3.63, 3.8) is 0 Å². The fraction of sp³-hybridized carbons (Fsp3) is 0. The maximum Gasteiger partial charge on any atom is 0.360 e. The van der Waals surface area contributed by atoms with Gasteiger partial charge in [0.15, 0.2) is 23.0 Å². The minimum absolute atomic E-state index is 0.0517. The minimum atomic E-state index is -1.37. The quantitative estimate of drug-likeness (QED) is 0.232. The first-order valence-corrected chi connectivity index (χ1v) is 7.58. The summed E-state index contributed by atoms with van der Waals surface area (Å²) in [4.78, 5) is 26.5. The highest BCUT2D eigenvalue weighted by molar-refractivity contribution is 6.17. The number of benzene rings is 2. The zero-order chi connectivity index (χ0) is 19.5. The Morgan fingerprint density at radius 3 is 2.26 bits per heavy atom. The number of nitrogens with one attached hydrogen (secondary N) is 1. The Morgan fingerprint density at radius 2 is 1.59 bits per heavy atom. The third-order valence-electron chi connectivity index (χ3n) is 4.23. The predicted octanol–water partition coefficient (Wildman–Crippen LogP) is 2.46. The van der Waals surface area contributed by atoms with Gasteiger partial charge in [-0.3, -0.25) is 0 Å². The Morgan fingerprint density at radius 1 is 0.926 bits per heavy atom. The molecular formula is C18H11NO8. The van der Waals surface area contributed by atoms with Crippen LogP contribution >= 0.6 is 0 Å². The van der Waals surface area contributed by atoms with Gasteiger partial charge < -0.3 is 34.9 Å². The SMILES string of the molecule is O=C(O)c1[nH]c2c(=O)oc3cc(O)c(O)cc3c2c1-c1ccc(O)c(O)c1. The number of aromatic nitrogens is 1. The second kappa shape index (κ2) is 5.43. The molecule has 0 fully saturated rings. The number of hydrogen-bond acceptors (Lipinski definition) is 7. The van der Waals surface area contributed by atoms with Gasteiger partial charge >= 0.3 is 11.6 Å². The van der Waals surface area contributed by atoms with Crippen LogP contribution < -0.4 is 5.63 Å². The smallest absolute Gasteiger partial charge is 0.360 e. The van der Waals surface area contributed by atoms with E-state index in [0.29, 0.717) is 0 Å². The number of H-pyrrole nitrogens is 1. The van der Waals surface area contributed by atoms with Crippen LogP contribution in [0.15, 0.2) is 39.5 Å². The number of carboxylic acid groups (broad SMARTS) is 1. The number of aromatic amines is 1. The molecule has 0 aliphatic carbocycles. The molecule has 0 amide bonds. The molecule has 0 bridgehead atoms. The van der Waals surface area contributed by atoms with E-state index in [9.17, 15) is 35.1 Å². The highest BCUT2D eigenvalue weighted by Gasteiger charge is 2.24. The van der Waals surface area contributed by atoms with Crippen molar-refractivity contribution in [3.05, 3.63) is 46.4 Å². The van der Waals surface area contributed by atoms with Crippen LogP contribution in [0.3, 0.4) is 0 Å². The summed E-state index contributed by atoms with van der Waals surface area (Å²) in [5.74, 6) is -3.25. The maximum absolute atomic E-state index is 12.3. The van der Waals surface area contributed by atoms with Crippen molar-refractivity contribution >= 4 is 27.8 Å². The number of carbonyl (C=O) groups is 1. The molecule has 0 aliphatic heterocycles. The Bertz CT molecular complexity index is 1310. The Labute approximate surface area is 149 Å². The van der Waals surface area contributed by atoms with Crippen LogP contribution in [-0.2, 0) is 0 Å². The van der Waals surface area contributed by atoms with E-state index >= 15 is 0 Å². The molecule has 2 aromatic carbocycles. The molecule has 2 aromatic heterocycles. The van der Waals surface area contributed by atoms with Gasteiger partial charge in [-0.15, -0.1) is 0 Å². The lowest BCUT2D eigenvalue weighted by Crippen LogP contribution is -2.01. The number of carboxylic acids is 1. The largest absolute Gasteiger partial charge is 0.504 e. The number of phenols is 4. The summed E-state index contributed by atoms with van der Waals surface area (Å²) in [6.07, 6.45) is 0. The first kappa shape index (κ1) is 16.3. The first-order chi connectivity index (χ1) is 12.8. The number of aromatic carboxylic acids is 1. The van der Waals surface area contributed by atoms with Gasteiger partial charge in [0.05, 0.1) is 0 Å². The molecule has 0 aliphatic rings. The van der Waals surface area contributed by atoms with Gasteiger partial charge in [-0.1, -0.05) is 6.07 Å². The molecule has 4 rings (SSSR count). The predicted molar refractivity (Wildman–Crippen MR) is 93.4 cm³/mol. The van der Waals surface area contributed by atoms with Crippen molar-refractivity contribution in [2.45, 2.75) is 0 Å². The third kappa shape index (κ3) is 2.33. The molecular weight excluding hydrogens is 358 g/mol. The van der Waals surface area contributed by atoms with Crippen LogP contribution in [0.25, 0.3) is 33.0 Å². The van der Waals surface area contributed by atoms with E-state index in [1.807, 2.05) is 0 Å². The lowest BCUT2D eigenvalue weighted by molar-refractivity contribution is 0.0692. The van der Waals surface area contributed by atoms with Gasteiger partial charge in [-0.25, -0.2) is 9.59 Å². The molecule has 4 aromatic rings. The van der Waals surface area contributed by atoms with E-state index in [4.69, 9.17) is 4.42 Å². The summed E-state index contributed by atoms with van der Waals surface area (Å²) < 4.78 is 5.10. The molecule has 0 radical (unpaired) electrons. The summed E-state index contributed by atoms with van der Waals surface area (Å²) >= 11 is 0. The van der Waals surface area contributed by atoms with Crippen molar-refractivity contribution in [1.29, 1.82) is 0 Å². The zero-order valence-electron chi connectivity index (χ0n) is 13.3. The van der Waals surface area contributed by atoms with Gasteiger partial charge in [-0.05, 0) is 23.8 Å². The third-order valence-corrected chi connectivity index (χ3v) is 4.23. The Balaban J connectivity index is 2.26. The zero-order valence-corrected chi connectivity index (χ0v) is 13.3. The van der Waals surface area contributed by atoms with Crippen LogP contribution in [-0.4, -0.2) is 36.5 Å². The van der Waals surface area contributed by atoms with Crippen LogP contribution in [0.2, 0.25) is 0 Å². The Hall–Kier alpha value is -4.14. The summed E-state index contributed by atoms with van der Waals surface area (Å²) in [5, 5.41) is 48.6. The number of aromatic hydroxyl groups is 4. The fourth-order valence-electron chi connectivity index (χ4n) is 3.04. The molecule has 0 spiro atoms. The second-order valence-electron chi connectivity index (χ2n) is 5.86. The van der Waals surface area contributed by atoms with E-state index in [0.717, 1.165) is 18.2 Å². The number of phenolic OH excluding ortho intramolecular Hbond substituents is 4. The van der Waals surface area contributed by atoms with E-state index in [2.05, 4.69) is 4.98 Å². The number of fused-ring (bicyclic) bond motifs is 3. The van der Waals surface area contributed by atoms with Crippen molar-refractivity contribution in [2.75, 3.05) is 0 Å². The van der Waals surface area contributed by atoms with Gasteiger partial charge in [0, 0.05) is 22.4 Å². The van der Waals surface area contributed by atoms with Crippen molar-refractivity contribution in [2.24, 2.45) is 0 Å². The monoisotopic (exact) mass is 369 g/mol. The van der Waals surface area contributed by atoms with Crippen molar-refractivity contribution in [1.82, 2.24) is 4.98 Å². The molecule has 0 atom stereocenters. The van der Waals surface area contributed by atoms with E-state index in [-0.39, 0.29) is 38.7 Å². The first-order valence-electron chi connectivity index (χ1n) is 7.58. The van der Waals surface area contributed by atoms with Gasteiger partial charge in [0.1, 0.15) is 16.8 Å². The maximum atomic E-state index is 12.3. The molecule has 2 heterocycles. The molecule has 9 heteroatoms. The molecule has 0 unspecified atom stereocenters. The summed E-state index contributed by atoms with van der Waals surface area (Å²) in [6, 6.07) is 5.86. The molecule has 0 saturated carbocycles.